The number of carbonyl (C=O) groups excluding carboxylic acids is 1. The maximum atomic E-state index is 14.4. The van der Waals surface area contributed by atoms with Crippen molar-refractivity contribution < 1.29 is 18.0 Å². The normalized spacial score (nSPS) is 12.8. The van der Waals surface area contributed by atoms with E-state index in [2.05, 4.69) is 25.9 Å². The van der Waals surface area contributed by atoms with Crippen molar-refractivity contribution >= 4 is 11.6 Å². The zero-order chi connectivity index (χ0) is 22.4. The Kier molecular flexibility index (Phi) is 4.72. The second-order valence-corrected chi connectivity index (χ2v) is 7.39. The van der Waals surface area contributed by atoms with E-state index in [-0.39, 0.29) is 11.4 Å². The highest BCUT2D eigenvalue weighted by Gasteiger charge is 2.28. The number of hydrogen-bond acceptors (Lipinski definition) is 5. The summed E-state index contributed by atoms with van der Waals surface area (Å²) >= 11 is 0. The maximum absolute atomic E-state index is 14.4. The number of nitrogens with zero attached hydrogens (tertiary/aromatic N) is 6. The average molecular weight is 439 g/mol. The molecule has 32 heavy (non-hydrogen) atoms. The summed E-state index contributed by atoms with van der Waals surface area (Å²) in [7, 11) is 0. The molecule has 1 aliphatic rings. The molecular formula is C21H16F3N7O. The Hall–Kier alpha value is -4.02. The number of aryl methyl sites for hydroxylation is 1. The van der Waals surface area contributed by atoms with Crippen molar-refractivity contribution in [2.75, 3.05) is 5.32 Å². The Morgan fingerprint density at radius 3 is 2.44 bits per heavy atom. The number of hydrogen-bond donors (Lipinski definition) is 1. The van der Waals surface area contributed by atoms with Crippen LogP contribution in [0.25, 0.3) is 11.4 Å². The van der Waals surface area contributed by atoms with Crippen LogP contribution in [-0.2, 0) is 12.8 Å². The highest BCUT2D eigenvalue weighted by atomic mass is 19.2. The molecule has 5 rings (SSSR count). The minimum absolute atomic E-state index is 0.0588. The first-order valence-electron chi connectivity index (χ1n) is 9.85. The number of carbonyl (C=O) groups is 1. The average Bonchev–Trinajstić information content (AvgIpc) is 3.48. The van der Waals surface area contributed by atoms with Crippen molar-refractivity contribution in [1.82, 2.24) is 30.0 Å². The van der Waals surface area contributed by atoms with E-state index in [0.717, 1.165) is 24.2 Å². The Morgan fingerprint density at radius 2 is 1.72 bits per heavy atom. The summed E-state index contributed by atoms with van der Waals surface area (Å²) in [6.07, 6.45) is 2.03. The maximum Gasteiger partial charge on any atom is 0.276 e. The van der Waals surface area contributed by atoms with Crippen molar-refractivity contribution in [3.8, 4) is 11.4 Å². The molecule has 1 amide bonds. The van der Waals surface area contributed by atoms with Gasteiger partial charge in [-0.3, -0.25) is 4.79 Å². The van der Waals surface area contributed by atoms with Gasteiger partial charge >= 0.3 is 0 Å². The molecule has 1 N–H and O–H groups in total. The van der Waals surface area contributed by atoms with Gasteiger partial charge in [-0.25, -0.2) is 17.9 Å². The summed E-state index contributed by atoms with van der Waals surface area (Å²) in [4.78, 5) is 13.0. The third-order valence-electron chi connectivity index (χ3n) is 5.36. The molecule has 0 spiro atoms. The van der Waals surface area contributed by atoms with Gasteiger partial charge in [-0.2, -0.15) is 9.78 Å². The summed E-state index contributed by atoms with van der Waals surface area (Å²) in [5.74, 6) is -2.72. The minimum Gasteiger partial charge on any atom is -0.318 e. The molecule has 2 aromatic heterocycles. The molecule has 2 aromatic carbocycles. The number of nitrogens with one attached hydrogen (secondary N) is 1. The fourth-order valence-electron chi connectivity index (χ4n) is 3.84. The van der Waals surface area contributed by atoms with Gasteiger partial charge in [-0.05, 0) is 66.9 Å². The van der Waals surface area contributed by atoms with E-state index in [1.54, 1.807) is 6.92 Å². The predicted molar refractivity (Wildman–Crippen MR) is 107 cm³/mol. The lowest BCUT2D eigenvalue weighted by atomic mass is 10.2. The second-order valence-electron chi connectivity index (χ2n) is 7.39. The highest BCUT2D eigenvalue weighted by molar-refractivity contribution is 6.04. The second kappa shape index (κ2) is 7.59. The lowest BCUT2D eigenvalue weighted by Crippen LogP contribution is -2.16. The van der Waals surface area contributed by atoms with Crippen LogP contribution < -0.4 is 5.32 Å². The molecule has 4 aromatic rings. The summed E-state index contributed by atoms with van der Waals surface area (Å²) in [6, 6.07) is 7.54. The number of benzene rings is 2. The Balaban J connectivity index is 1.50. The van der Waals surface area contributed by atoms with E-state index in [1.165, 1.54) is 33.6 Å². The predicted octanol–water partition coefficient (Wildman–Crippen LogP) is 3.31. The van der Waals surface area contributed by atoms with Crippen LogP contribution in [0, 0.1) is 24.4 Å². The quantitative estimate of drug-likeness (QED) is 0.527. The lowest BCUT2D eigenvalue weighted by molar-refractivity contribution is 0.102. The Bertz CT molecular complexity index is 1360. The first kappa shape index (κ1) is 19.9. The minimum atomic E-state index is -1.01. The SMILES string of the molecule is Cc1nnnn1-c1ccc(F)c(NC(=O)c2nn(-c3ccc(F)c(F)c3)c3c2CCC3)c1. The zero-order valence-electron chi connectivity index (χ0n) is 16.8. The van der Waals surface area contributed by atoms with Crippen molar-refractivity contribution in [3.63, 3.8) is 0 Å². The van der Waals surface area contributed by atoms with Gasteiger partial charge in [-0.15, -0.1) is 5.10 Å². The fraction of sp³-hybridized carbons (Fsp3) is 0.190. The molecule has 8 nitrogen and oxygen atoms in total. The van der Waals surface area contributed by atoms with Gasteiger partial charge in [0.2, 0.25) is 0 Å². The largest absolute Gasteiger partial charge is 0.318 e. The Labute approximate surface area is 179 Å². The first-order chi connectivity index (χ1) is 15.4. The van der Waals surface area contributed by atoms with Crippen LogP contribution in [0.2, 0.25) is 0 Å². The highest BCUT2D eigenvalue weighted by Crippen LogP contribution is 2.29. The van der Waals surface area contributed by atoms with Crippen molar-refractivity contribution in [2.24, 2.45) is 0 Å². The van der Waals surface area contributed by atoms with Gasteiger partial charge in [0.15, 0.2) is 23.2 Å². The van der Waals surface area contributed by atoms with Gasteiger partial charge < -0.3 is 5.32 Å². The molecule has 162 valence electrons. The number of rotatable bonds is 4. The Morgan fingerprint density at radius 1 is 0.969 bits per heavy atom. The first-order valence-corrected chi connectivity index (χ1v) is 9.85. The van der Waals surface area contributed by atoms with Gasteiger partial charge in [0.1, 0.15) is 5.82 Å². The molecular weight excluding hydrogens is 423 g/mol. The molecule has 0 aliphatic heterocycles. The van der Waals surface area contributed by atoms with E-state index in [9.17, 15) is 18.0 Å². The van der Waals surface area contributed by atoms with Crippen LogP contribution in [0.5, 0.6) is 0 Å². The molecule has 2 heterocycles. The van der Waals surface area contributed by atoms with Crippen molar-refractivity contribution in [2.45, 2.75) is 26.2 Å². The van der Waals surface area contributed by atoms with Crippen LogP contribution in [0.3, 0.4) is 0 Å². The van der Waals surface area contributed by atoms with E-state index < -0.39 is 23.4 Å². The molecule has 0 radical (unpaired) electrons. The molecule has 0 fully saturated rings. The summed E-state index contributed by atoms with van der Waals surface area (Å²) in [6.45, 7) is 1.69. The number of halogens is 3. The summed E-state index contributed by atoms with van der Waals surface area (Å²) < 4.78 is 44.4. The number of anilines is 1. The summed E-state index contributed by atoms with van der Waals surface area (Å²) in [5.41, 5.74) is 2.30. The molecule has 11 heteroatoms. The molecule has 1 aliphatic carbocycles. The van der Waals surface area contributed by atoms with Crippen LogP contribution in [0.4, 0.5) is 18.9 Å². The van der Waals surface area contributed by atoms with Crippen LogP contribution in [0.15, 0.2) is 36.4 Å². The van der Waals surface area contributed by atoms with Crippen molar-refractivity contribution in [1.29, 1.82) is 0 Å². The lowest BCUT2D eigenvalue weighted by Gasteiger charge is -2.09. The number of aromatic nitrogens is 6. The number of amides is 1. The van der Waals surface area contributed by atoms with Gasteiger partial charge in [0.05, 0.1) is 17.1 Å². The third kappa shape index (κ3) is 3.31. The summed E-state index contributed by atoms with van der Waals surface area (Å²) in [5, 5.41) is 18.1. The number of tetrazole rings is 1. The van der Waals surface area contributed by atoms with E-state index in [1.807, 2.05) is 0 Å². The number of fused-ring (bicyclic) bond motifs is 1. The molecule has 0 atom stereocenters. The van der Waals surface area contributed by atoms with E-state index >= 15 is 0 Å². The molecule has 0 unspecified atom stereocenters. The van der Waals surface area contributed by atoms with Gasteiger partial charge in [0, 0.05) is 17.3 Å². The van der Waals surface area contributed by atoms with E-state index in [4.69, 9.17) is 0 Å². The van der Waals surface area contributed by atoms with Gasteiger partial charge in [-0.1, -0.05) is 0 Å². The van der Waals surface area contributed by atoms with Crippen LogP contribution in [-0.4, -0.2) is 35.9 Å². The van der Waals surface area contributed by atoms with Crippen molar-refractivity contribution in [3.05, 3.63) is 76.6 Å². The van der Waals surface area contributed by atoms with Crippen LogP contribution in [0.1, 0.15) is 34.0 Å². The smallest absolute Gasteiger partial charge is 0.276 e. The standard InChI is InChI=1S/C21H16F3N7O/c1-11-26-28-29-30(11)13-6-8-16(23)18(10-13)25-21(32)20-14-3-2-4-19(14)31(27-20)12-5-7-15(22)17(24)9-12/h5-10H,2-4H2,1H3,(H,25,32). The molecule has 0 saturated carbocycles. The van der Waals surface area contributed by atoms with E-state index in [0.29, 0.717) is 35.6 Å². The zero-order valence-corrected chi connectivity index (χ0v) is 16.8. The molecule has 0 bridgehead atoms. The molecule has 0 saturated heterocycles. The monoisotopic (exact) mass is 439 g/mol. The van der Waals surface area contributed by atoms with Gasteiger partial charge in [0.25, 0.3) is 5.91 Å². The van der Waals surface area contributed by atoms with Crippen LogP contribution >= 0.6 is 0 Å². The fourth-order valence-corrected chi connectivity index (χ4v) is 3.84. The topological polar surface area (TPSA) is 90.5 Å². The third-order valence-corrected chi connectivity index (χ3v) is 5.36.